The molecule has 0 atom stereocenters. The zero-order valence-corrected chi connectivity index (χ0v) is 15.9. The predicted molar refractivity (Wildman–Crippen MR) is 112 cm³/mol. The zero-order chi connectivity index (χ0) is 19.6. The molecule has 0 aliphatic heterocycles. The van der Waals surface area contributed by atoms with Crippen molar-refractivity contribution in [3.05, 3.63) is 60.2 Å². The Morgan fingerprint density at radius 2 is 1.59 bits per heavy atom. The van der Waals surface area contributed by atoms with Crippen molar-refractivity contribution < 1.29 is 14.3 Å². The van der Waals surface area contributed by atoms with Gasteiger partial charge in [-0.15, -0.1) is 0 Å². The molecule has 2 amide bonds. The van der Waals surface area contributed by atoms with Crippen molar-refractivity contribution in [2.24, 2.45) is 0 Å². The van der Waals surface area contributed by atoms with Gasteiger partial charge >= 0.3 is 0 Å². The topological polar surface area (TPSA) is 79.5 Å². The second-order valence-electron chi connectivity index (χ2n) is 5.53. The van der Waals surface area contributed by atoms with Gasteiger partial charge < -0.3 is 15.4 Å². The van der Waals surface area contributed by atoms with Crippen molar-refractivity contribution in [2.75, 3.05) is 17.7 Å². The van der Waals surface area contributed by atoms with E-state index in [2.05, 4.69) is 16.0 Å². The maximum atomic E-state index is 12.0. The molecule has 0 saturated carbocycles. The van der Waals surface area contributed by atoms with Gasteiger partial charge in [-0.3, -0.25) is 14.9 Å². The molecule has 0 spiro atoms. The first-order chi connectivity index (χ1) is 13.0. The molecule has 2 rings (SSSR count). The Bertz CT molecular complexity index is 831. The molecule has 0 bridgehead atoms. The molecule has 2 aromatic rings. The number of ether oxygens (including phenoxy) is 1. The fourth-order valence-corrected chi connectivity index (χ4v) is 2.31. The predicted octanol–water partition coefficient (Wildman–Crippen LogP) is 3.57. The molecule has 0 fully saturated rings. The second kappa shape index (κ2) is 10.1. The van der Waals surface area contributed by atoms with Crippen molar-refractivity contribution in [1.29, 1.82) is 0 Å². The molecule has 0 unspecified atom stereocenters. The fourth-order valence-electron chi connectivity index (χ4n) is 2.09. The molecule has 0 aliphatic rings. The van der Waals surface area contributed by atoms with E-state index < -0.39 is 0 Å². The van der Waals surface area contributed by atoms with Crippen LogP contribution in [0.2, 0.25) is 0 Å². The molecule has 0 aliphatic carbocycles. The van der Waals surface area contributed by atoms with E-state index in [0.29, 0.717) is 17.8 Å². The van der Waals surface area contributed by atoms with Crippen LogP contribution in [-0.4, -0.2) is 24.0 Å². The van der Waals surface area contributed by atoms with Crippen LogP contribution in [0.3, 0.4) is 0 Å². The quantitative estimate of drug-likeness (QED) is 0.525. The molecule has 6 nitrogen and oxygen atoms in total. The van der Waals surface area contributed by atoms with Crippen molar-refractivity contribution >= 4 is 46.6 Å². The van der Waals surface area contributed by atoms with Crippen molar-refractivity contribution in [3.63, 3.8) is 0 Å². The summed E-state index contributed by atoms with van der Waals surface area (Å²) in [6, 6.07) is 14.4. The lowest BCUT2D eigenvalue weighted by molar-refractivity contribution is -0.116. The van der Waals surface area contributed by atoms with Crippen LogP contribution >= 0.6 is 12.2 Å². The van der Waals surface area contributed by atoms with E-state index in [4.69, 9.17) is 17.0 Å². The number of benzene rings is 2. The van der Waals surface area contributed by atoms with E-state index in [9.17, 15) is 9.59 Å². The third-order valence-electron chi connectivity index (χ3n) is 3.53. The molecular weight excluding hydrogens is 362 g/mol. The Morgan fingerprint density at radius 1 is 1.00 bits per heavy atom. The first-order valence-electron chi connectivity index (χ1n) is 8.34. The lowest BCUT2D eigenvalue weighted by Crippen LogP contribution is -2.32. The SMILES string of the molecule is CCC(=O)Nc1ccc(NC(=S)NC(=O)/C=C/c2ccc(OC)cc2)cc1. The lowest BCUT2D eigenvalue weighted by Gasteiger charge is -2.09. The minimum absolute atomic E-state index is 0.0536. The number of carbonyl (C=O) groups is 2. The van der Waals surface area contributed by atoms with E-state index in [0.717, 1.165) is 11.3 Å². The van der Waals surface area contributed by atoms with Gasteiger partial charge in [-0.1, -0.05) is 19.1 Å². The molecule has 0 heterocycles. The summed E-state index contributed by atoms with van der Waals surface area (Å²) in [7, 11) is 1.60. The normalized spacial score (nSPS) is 10.3. The van der Waals surface area contributed by atoms with E-state index in [-0.39, 0.29) is 16.9 Å². The summed E-state index contributed by atoms with van der Waals surface area (Å²) in [6.45, 7) is 1.79. The van der Waals surface area contributed by atoms with Crippen molar-refractivity contribution in [1.82, 2.24) is 5.32 Å². The van der Waals surface area contributed by atoms with Gasteiger partial charge in [0, 0.05) is 23.9 Å². The van der Waals surface area contributed by atoms with Crippen LogP contribution in [0, 0.1) is 0 Å². The van der Waals surface area contributed by atoms with Crippen LogP contribution in [0.4, 0.5) is 11.4 Å². The summed E-state index contributed by atoms with van der Waals surface area (Å²) < 4.78 is 5.09. The van der Waals surface area contributed by atoms with Gasteiger partial charge in [-0.2, -0.15) is 0 Å². The molecular formula is C20H21N3O3S. The molecule has 3 N–H and O–H groups in total. The van der Waals surface area contributed by atoms with Gasteiger partial charge in [-0.25, -0.2) is 0 Å². The molecule has 140 valence electrons. The highest BCUT2D eigenvalue weighted by Crippen LogP contribution is 2.14. The number of methoxy groups -OCH3 is 1. The van der Waals surface area contributed by atoms with Gasteiger partial charge in [0.15, 0.2) is 5.11 Å². The van der Waals surface area contributed by atoms with E-state index in [1.54, 1.807) is 44.4 Å². The Morgan fingerprint density at radius 3 is 2.15 bits per heavy atom. The van der Waals surface area contributed by atoms with Gasteiger partial charge in [0.1, 0.15) is 5.75 Å². The number of carbonyl (C=O) groups excluding carboxylic acids is 2. The van der Waals surface area contributed by atoms with Crippen LogP contribution in [0.15, 0.2) is 54.6 Å². The third-order valence-corrected chi connectivity index (χ3v) is 3.73. The van der Waals surface area contributed by atoms with Gasteiger partial charge in [-0.05, 0) is 60.3 Å². The van der Waals surface area contributed by atoms with E-state index in [1.807, 2.05) is 24.3 Å². The largest absolute Gasteiger partial charge is 0.497 e. The van der Waals surface area contributed by atoms with Crippen molar-refractivity contribution in [3.8, 4) is 5.75 Å². The van der Waals surface area contributed by atoms with Crippen LogP contribution in [0.25, 0.3) is 6.08 Å². The third kappa shape index (κ3) is 6.91. The molecule has 27 heavy (non-hydrogen) atoms. The minimum Gasteiger partial charge on any atom is -0.497 e. The summed E-state index contributed by atoms with van der Waals surface area (Å²) in [5.74, 6) is 0.361. The average molecular weight is 383 g/mol. The standard InChI is InChI=1S/C20H21N3O3S/c1-3-18(24)21-15-7-9-16(10-8-15)22-20(27)23-19(25)13-6-14-4-11-17(26-2)12-5-14/h4-13H,3H2,1-2H3,(H,21,24)(H2,22,23,25,27)/b13-6+. The van der Waals surface area contributed by atoms with Gasteiger partial charge in [0.25, 0.3) is 0 Å². The van der Waals surface area contributed by atoms with Crippen LogP contribution in [0.1, 0.15) is 18.9 Å². The maximum Gasteiger partial charge on any atom is 0.250 e. The summed E-state index contributed by atoms with van der Waals surface area (Å²) in [4.78, 5) is 23.3. The molecule has 0 radical (unpaired) electrons. The highest BCUT2D eigenvalue weighted by Gasteiger charge is 2.03. The summed E-state index contributed by atoms with van der Waals surface area (Å²) >= 11 is 5.13. The monoisotopic (exact) mass is 383 g/mol. The average Bonchev–Trinajstić information content (AvgIpc) is 2.68. The molecule has 0 aromatic heterocycles. The second-order valence-corrected chi connectivity index (χ2v) is 5.94. The minimum atomic E-state index is -0.338. The molecule has 7 heteroatoms. The Labute approximate surface area is 163 Å². The van der Waals surface area contributed by atoms with Crippen LogP contribution in [-0.2, 0) is 9.59 Å². The lowest BCUT2D eigenvalue weighted by atomic mass is 10.2. The molecule has 0 saturated heterocycles. The number of amides is 2. The van der Waals surface area contributed by atoms with Crippen LogP contribution in [0.5, 0.6) is 5.75 Å². The zero-order valence-electron chi connectivity index (χ0n) is 15.1. The van der Waals surface area contributed by atoms with E-state index >= 15 is 0 Å². The highest BCUT2D eigenvalue weighted by atomic mass is 32.1. The summed E-state index contributed by atoms with van der Waals surface area (Å²) in [6.07, 6.45) is 3.50. The number of hydrogen-bond acceptors (Lipinski definition) is 4. The number of thiocarbonyl (C=S) groups is 1. The fraction of sp³-hybridized carbons (Fsp3) is 0.150. The van der Waals surface area contributed by atoms with Gasteiger partial charge in [0.05, 0.1) is 7.11 Å². The molecule has 2 aromatic carbocycles. The number of hydrogen-bond donors (Lipinski definition) is 3. The Balaban J connectivity index is 1.84. The van der Waals surface area contributed by atoms with Crippen molar-refractivity contribution in [2.45, 2.75) is 13.3 Å². The number of rotatable bonds is 6. The highest BCUT2D eigenvalue weighted by molar-refractivity contribution is 7.80. The number of anilines is 2. The number of nitrogens with one attached hydrogen (secondary N) is 3. The first-order valence-corrected chi connectivity index (χ1v) is 8.75. The van der Waals surface area contributed by atoms with Gasteiger partial charge in [0.2, 0.25) is 11.8 Å². The summed E-state index contributed by atoms with van der Waals surface area (Å²) in [5.41, 5.74) is 2.27. The first kappa shape index (κ1) is 20.1. The smallest absolute Gasteiger partial charge is 0.250 e. The van der Waals surface area contributed by atoms with Crippen LogP contribution < -0.4 is 20.7 Å². The summed E-state index contributed by atoms with van der Waals surface area (Å²) in [5, 5.41) is 8.44. The van der Waals surface area contributed by atoms with E-state index in [1.165, 1.54) is 6.08 Å². The Hall–Kier alpha value is -3.19. The Kier molecular flexibility index (Phi) is 7.51. The maximum absolute atomic E-state index is 12.0.